The van der Waals surface area contributed by atoms with Crippen molar-refractivity contribution in [1.82, 2.24) is 4.72 Å². The summed E-state index contributed by atoms with van der Waals surface area (Å²) in [5.41, 5.74) is 0.227. The minimum atomic E-state index is -3.72. The van der Waals surface area contributed by atoms with Crippen molar-refractivity contribution in [2.75, 3.05) is 19.5 Å². The van der Waals surface area contributed by atoms with E-state index in [1.807, 2.05) is 0 Å². The Bertz CT molecular complexity index is 959. The molecule has 9 heteroatoms. The van der Waals surface area contributed by atoms with Gasteiger partial charge in [-0.3, -0.25) is 4.79 Å². The third kappa shape index (κ3) is 6.10. The Balaban J connectivity index is 2.20. The SMILES string of the molecule is COc1cccc(O[C@@H](C)C(=O)Nc2cc(S(=O)(=O)NC(C)C)ccc2OC)c1. The number of benzene rings is 2. The van der Waals surface area contributed by atoms with Gasteiger partial charge in [0.05, 0.1) is 24.8 Å². The van der Waals surface area contributed by atoms with Gasteiger partial charge in [0.2, 0.25) is 10.0 Å². The highest BCUT2D eigenvalue weighted by Gasteiger charge is 2.21. The van der Waals surface area contributed by atoms with Crippen molar-refractivity contribution in [2.24, 2.45) is 0 Å². The number of sulfonamides is 1. The summed E-state index contributed by atoms with van der Waals surface area (Å²) in [7, 11) is -0.751. The molecule has 2 aromatic carbocycles. The van der Waals surface area contributed by atoms with Crippen LogP contribution in [-0.4, -0.2) is 40.7 Å². The van der Waals surface area contributed by atoms with Gasteiger partial charge in [0.15, 0.2) is 6.10 Å². The first-order chi connectivity index (χ1) is 13.7. The van der Waals surface area contributed by atoms with Gasteiger partial charge in [-0.25, -0.2) is 13.1 Å². The van der Waals surface area contributed by atoms with Crippen LogP contribution >= 0.6 is 0 Å². The molecule has 1 amide bonds. The summed E-state index contributed by atoms with van der Waals surface area (Å²) in [5, 5.41) is 2.66. The van der Waals surface area contributed by atoms with E-state index in [2.05, 4.69) is 10.0 Å². The highest BCUT2D eigenvalue weighted by molar-refractivity contribution is 7.89. The second-order valence-electron chi connectivity index (χ2n) is 6.57. The summed E-state index contributed by atoms with van der Waals surface area (Å²) in [6.07, 6.45) is -0.846. The van der Waals surface area contributed by atoms with Crippen LogP contribution in [0.1, 0.15) is 20.8 Å². The number of carbonyl (C=O) groups excluding carboxylic acids is 1. The standard InChI is InChI=1S/C20H26N2O6S/c1-13(2)22-29(24,25)17-9-10-19(27-5)18(12-17)21-20(23)14(3)28-16-8-6-7-15(11-16)26-4/h6-14,22H,1-5H3,(H,21,23)/t14-/m0/s1. The Morgan fingerprint density at radius 1 is 0.966 bits per heavy atom. The molecule has 0 unspecified atom stereocenters. The molecule has 0 saturated heterocycles. The third-order valence-corrected chi connectivity index (χ3v) is 5.51. The number of ether oxygens (including phenoxy) is 3. The predicted molar refractivity (Wildman–Crippen MR) is 110 cm³/mol. The first kappa shape index (κ1) is 22.5. The van der Waals surface area contributed by atoms with E-state index in [1.54, 1.807) is 45.0 Å². The molecule has 29 heavy (non-hydrogen) atoms. The van der Waals surface area contributed by atoms with Crippen molar-refractivity contribution in [1.29, 1.82) is 0 Å². The fraction of sp³-hybridized carbons (Fsp3) is 0.350. The molecule has 0 saturated carbocycles. The van der Waals surface area contributed by atoms with E-state index < -0.39 is 22.0 Å². The molecule has 0 aliphatic heterocycles. The van der Waals surface area contributed by atoms with Crippen LogP contribution < -0.4 is 24.2 Å². The van der Waals surface area contributed by atoms with Crippen LogP contribution in [0.4, 0.5) is 5.69 Å². The van der Waals surface area contributed by atoms with Gasteiger partial charge in [-0.2, -0.15) is 0 Å². The summed E-state index contributed by atoms with van der Waals surface area (Å²) in [5.74, 6) is 0.941. The molecule has 0 bridgehead atoms. The lowest BCUT2D eigenvalue weighted by Crippen LogP contribution is -2.31. The van der Waals surface area contributed by atoms with Crippen molar-refractivity contribution in [3.8, 4) is 17.2 Å². The maximum atomic E-state index is 12.6. The number of anilines is 1. The molecule has 158 valence electrons. The molecule has 8 nitrogen and oxygen atoms in total. The normalized spacial score (nSPS) is 12.3. The maximum absolute atomic E-state index is 12.6. The molecule has 2 N–H and O–H groups in total. The summed E-state index contributed by atoms with van der Waals surface area (Å²) in [4.78, 5) is 12.6. The van der Waals surface area contributed by atoms with Gasteiger partial charge >= 0.3 is 0 Å². The average molecular weight is 423 g/mol. The number of rotatable bonds is 9. The molecule has 0 heterocycles. The maximum Gasteiger partial charge on any atom is 0.265 e. The average Bonchev–Trinajstić information content (AvgIpc) is 2.67. The van der Waals surface area contributed by atoms with Crippen molar-refractivity contribution in [2.45, 2.75) is 37.8 Å². The summed E-state index contributed by atoms with van der Waals surface area (Å²) < 4.78 is 43.4. The smallest absolute Gasteiger partial charge is 0.265 e. The molecule has 2 aromatic rings. The first-order valence-electron chi connectivity index (χ1n) is 8.98. The minimum absolute atomic E-state index is 0.0173. The summed E-state index contributed by atoms with van der Waals surface area (Å²) in [6.45, 7) is 5.03. The predicted octanol–water partition coefficient (Wildman–Crippen LogP) is 2.80. The zero-order chi connectivity index (χ0) is 21.6. The number of nitrogens with one attached hydrogen (secondary N) is 2. The van der Waals surface area contributed by atoms with Gasteiger partial charge in [-0.1, -0.05) is 6.07 Å². The topological polar surface area (TPSA) is 103 Å². The largest absolute Gasteiger partial charge is 0.497 e. The van der Waals surface area contributed by atoms with Gasteiger partial charge in [-0.15, -0.1) is 0 Å². The van der Waals surface area contributed by atoms with E-state index in [0.29, 0.717) is 17.2 Å². The van der Waals surface area contributed by atoms with Crippen molar-refractivity contribution >= 4 is 21.6 Å². The molecule has 1 atom stereocenters. The number of amides is 1. The zero-order valence-electron chi connectivity index (χ0n) is 17.1. The highest BCUT2D eigenvalue weighted by Crippen LogP contribution is 2.28. The fourth-order valence-electron chi connectivity index (χ4n) is 2.50. The van der Waals surface area contributed by atoms with Crippen LogP contribution in [-0.2, 0) is 14.8 Å². The zero-order valence-corrected chi connectivity index (χ0v) is 17.9. The van der Waals surface area contributed by atoms with E-state index in [-0.39, 0.29) is 16.6 Å². The van der Waals surface area contributed by atoms with E-state index in [4.69, 9.17) is 14.2 Å². The van der Waals surface area contributed by atoms with E-state index >= 15 is 0 Å². The lowest BCUT2D eigenvalue weighted by Gasteiger charge is -2.17. The first-order valence-corrected chi connectivity index (χ1v) is 10.5. The molecule has 0 aliphatic rings. The van der Waals surface area contributed by atoms with Crippen molar-refractivity contribution in [3.63, 3.8) is 0 Å². The van der Waals surface area contributed by atoms with Gasteiger partial charge in [0.1, 0.15) is 17.2 Å². The number of methoxy groups -OCH3 is 2. The van der Waals surface area contributed by atoms with E-state index in [0.717, 1.165) is 0 Å². The molecule has 2 rings (SSSR count). The number of hydrogen-bond acceptors (Lipinski definition) is 6. The number of hydrogen-bond donors (Lipinski definition) is 2. The van der Waals surface area contributed by atoms with Gasteiger partial charge in [-0.05, 0) is 51.1 Å². The quantitative estimate of drug-likeness (QED) is 0.644. The van der Waals surface area contributed by atoms with Crippen LogP contribution in [0.5, 0.6) is 17.2 Å². The third-order valence-electron chi connectivity index (χ3n) is 3.85. The lowest BCUT2D eigenvalue weighted by atomic mass is 10.2. The molecule has 0 spiro atoms. The van der Waals surface area contributed by atoms with Crippen LogP contribution in [0.25, 0.3) is 0 Å². The minimum Gasteiger partial charge on any atom is -0.497 e. The van der Waals surface area contributed by atoms with Gasteiger partial charge < -0.3 is 19.5 Å². The fourth-order valence-corrected chi connectivity index (χ4v) is 3.77. The second-order valence-corrected chi connectivity index (χ2v) is 8.28. The molecule has 0 radical (unpaired) electrons. The Labute approximate surface area is 171 Å². The second kappa shape index (κ2) is 9.62. The Hall–Kier alpha value is -2.78. The molecule has 0 aliphatic carbocycles. The molecular formula is C20H26N2O6S. The molecule has 0 fully saturated rings. The van der Waals surface area contributed by atoms with E-state index in [9.17, 15) is 13.2 Å². The van der Waals surface area contributed by atoms with Crippen molar-refractivity contribution < 1.29 is 27.4 Å². The van der Waals surface area contributed by atoms with Crippen LogP contribution in [0.2, 0.25) is 0 Å². The molecule has 0 aromatic heterocycles. The summed E-state index contributed by atoms with van der Waals surface area (Å²) >= 11 is 0. The molecular weight excluding hydrogens is 396 g/mol. The Morgan fingerprint density at radius 3 is 2.28 bits per heavy atom. The van der Waals surface area contributed by atoms with Crippen LogP contribution in [0, 0.1) is 0 Å². The van der Waals surface area contributed by atoms with Crippen LogP contribution in [0.3, 0.4) is 0 Å². The van der Waals surface area contributed by atoms with Crippen molar-refractivity contribution in [3.05, 3.63) is 42.5 Å². The summed E-state index contributed by atoms with van der Waals surface area (Å²) in [6, 6.07) is 10.9. The lowest BCUT2D eigenvalue weighted by molar-refractivity contribution is -0.122. The monoisotopic (exact) mass is 422 g/mol. The van der Waals surface area contributed by atoms with Crippen LogP contribution in [0.15, 0.2) is 47.4 Å². The number of carbonyl (C=O) groups is 1. The van der Waals surface area contributed by atoms with E-state index in [1.165, 1.54) is 32.4 Å². The highest BCUT2D eigenvalue weighted by atomic mass is 32.2. The van der Waals surface area contributed by atoms with Gasteiger partial charge in [0.25, 0.3) is 5.91 Å². The Morgan fingerprint density at radius 2 is 1.66 bits per heavy atom. The van der Waals surface area contributed by atoms with Gasteiger partial charge in [0, 0.05) is 12.1 Å². The Kier molecular flexibility index (Phi) is 7.46.